The van der Waals surface area contributed by atoms with Crippen molar-refractivity contribution in [2.24, 2.45) is 0 Å². The molecule has 14 heavy (non-hydrogen) atoms. The van der Waals surface area contributed by atoms with E-state index in [0.29, 0.717) is 19.7 Å². The monoisotopic (exact) mass is 213 g/mol. The van der Waals surface area contributed by atoms with Gasteiger partial charge in [-0.1, -0.05) is 0 Å². The molecular weight excluding hydrogens is 196 g/mol. The van der Waals surface area contributed by atoms with Crippen molar-refractivity contribution in [3.8, 4) is 0 Å². The summed E-state index contributed by atoms with van der Waals surface area (Å²) in [7, 11) is 1.57. The molecule has 6 heteroatoms. The van der Waals surface area contributed by atoms with Gasteiger partial charge < -0.3 is 19.9 Å². The lowest BCUT2D eigenvalue weighted by Crippen LogP contribution is -2.32. The van der Waals surface area contributed by atoms with Crippen LogP contribution < -0.4 is 5.32 Å². The Morgan fingerprint density at radius 2 is 2.07 bits per heavy atom. The van der Waals surface area contributed by atoms with E-state index in [2.05, 4.69) is 10.1 Å². The largest absolute Gasteiger partial charge is 0.389 e. The van der Waals surface area contributed by atoms with Crippen LogP contribution in [-0.4, -0.2) is 57.7 Å². The summed E-state index contributed by atoms with van der Waals surface area (Å²) < 4.78 is 32.5. The quantitative estimate of drug-likeness (QED) is 0.524. The highest BCUT2D eigenvalue weighted by molar-refractivity contribution is 4.57. The van der Waals surface area contributed by atoms with Crippen LogP contribution in [0.2, 0.25) is 0 Å². The number of alkyl halides is 2. The van der Waals surface area contributed by atoms with Gasteiger partial charge in [0.2, 0.25) is 0 Å². The SMILES string of the molecule is COCCNCC(O)COCC(F)F. The minimum absolute atomic E-state index is 0.0790. The maximum absolute atomic E-state index is 11.6. The average Bonchev–Trinajstić information content (AvgIpc) is 2.12. The van der Waals surface area contributed by atoms with Crippen LogP contribution in [0.1, 0.15) is 0 Å². The van der Waals surface area contributed by atoms with Crippen molar-refractivity contribution in [1.29, 1.82) is 0 Å². The molecule has 1 unspecified atom stereocenters. The van der Waals surface area contributed by atoms with Crippen molar-refractivity contribution in [1.82, 2.24) is 5.32 Å². The van der Waals surface area contributed by atoms with E-state index >= 15 is 0 Å². The van der Waals surface area contributed by atoms with Crippen LogP contribution in [0.15, 0.2) is 0 Å². The number of ether oxygens (including phenoxy) is 2. The fraction of sp³-hybridized carbons (Fsp3) is 1.00. The minimum atomic E-state index is -2.48. The van der Waals surface area contributed by atoms with E-state index in [1.165, 1.54) is 0 Å². The number of rotatable bonds is 9. The van der Waals surface area contributed by atoms with Gasteiger partial charge in [0, 0.05) is 20.2 Å². The predicted octanol–water partition coefficient (Wildman–Crippen LogP) is -0.135. The van der Waals surface area contributed by atoms with E-state index in [1.807, 2.05) is 0 Å². The smallest absolute Gasteiger partial charge is 0.261 e. The second-order valence-corrected chi connectivity index (χ2v) is 2.78. The van der Waals surface area contributed by atoms with Crippen LogP contribution >= 0.6 is 0 Å². The number of hydrogen-bond acceptors (Lipinski definition) is 4. The normalized spacial score (nSPS) is 13.5. The zero-order chi connectivity index (χ0) is 10.8. The third kappa shape index (κ3) is 9.79. The number of halogens is 2. The Hall–Kier alpha value is -0.300. The molecule has 0 saturated carbocycles. The molecule has 0 fully saturated rings. The van der Waals surface area contributed by atoms with Crippen molar-refractivity contribution in [3.63, 3.8) is 0 Å². The predicted molar refractivity (Wildman–Crippen MR) is 47.6 cm³/mol. The van der Waals surface area contributed by atoms with Crippen LogP contribution in [0.4, 0.5) is 8.78 Å². The van der Waals surface area contributed by atoms with Gasteiger partial charge in [0.05, 0.1) is 19.3 Å². The van der Waals surface area contributed by atoms with Gasteiger partial charge >= 0.3 is 0 Å². The third-order valence-electron chi connectivity index (χ3n) is 1.42. The van der Waals surface area contributed by atoms with E-state index in [-0.39, 0.29) is 6.61 Å². The summed E-state index contributed by atoms with van der Waals surface area (Å²) in [6.07, 6.45) is -3.24. The standard InChI is InChI=1S/C8H17F2NO3/c1-13-3-2-11-4-7(12)5-14-6-8(9)10/h7-8,11-12H,2-6H2,1H3. The van der Waals surface area contributed by atoms with Crippen LogP contribution in [-0.2, 0) is 9.47 Å². The highest BCUT2D eigenvalue weighted by Crippen LogP contribution is 1.93. The zero-order valence-corrected chi connectivity index (χ0v) is 8.21. The first-order chi connectivity index (χ1) is 6.66. The molecule has 86 valence electrons. The fourth-order valence-corrected chi connectivity index (χ4v) is 0.795. The second kappa shape index (κ2) is 9.26. The molecular formula is C8H17F2NO3. The van der Waals surface area contributed by atoms with Crippen molar-refractivity contribution in [2.45, 2.75) is 12.5 Å². The molecule has 2 N–H and O–H groups in total. The maximum atomic E-state index is 11.6. The Kier molecular flexibility index (Phi) is 9.06. The number of hydrogen-bond donors (Lipinski definition) is 2. The average molecular weight is 213 g/mol. The summed E-state index contributed by atoms with van der Waals surface area (Å²) in [4.78, 5) is 0. The van der Waals surface area contributed by atoms with Crippen molar-refractivity contribution in [3.05, 3.63) is 0 Å². The molecule has 0 bridgehead atoms. The molecule has 0 aromatic rings. The molecule has 4 nitrogen and oxygen atoms in total. The lowest BCUT2D eigenvalue weighted by molar-refractivity contribution is -0.0193. The molecule has 0 heterocycles. The fourth-order valence-electron chi connectivity index (χ4n) is 0.795. The minimum Gasteiger partial charge on any atom is -0.389 e. The molecule has 0 aliphatic carbocycles. The Morgan fingerprint density at radius 3 is 2.64 bits per heavy atom. The molecule has 0 aliphatic rings. The molecule has 0 rings (SSSR count). The summed E-state index contributed by atoms with van der Waals surface area (Å²) in [5.41, 5.74) is 0. The number of methoxy groups -OCH3 is 1. The summed E-state index contributed by atoms with van der Waals surface area (Å²) in [6, 6.07) is 0. The van der Waals surface area contributed by atoms with Gasteiger partial charge in [-0.2, -0.15) is 0 Å². The van der Waals surface area contributed by atoms with Crippen molar-refractivity contribution in [2.75, 3.05) is 40.0 Å². The molecule has 0 radical (unpaired) electrons. The molecule has 1 atom stereocenters. The lowest BCUT2D eigenvalue weighted by Gasteiger charge is -2.11. The molecule has 0 aromatic carbocycles. The van der Waals surface area contributed by atoms with E-state index in [4.69, 9.17) is 4.74 Å². The first kappa shape index (κ1) is 13.7. The molecule has 0 aliphatic heterocycles. The molecule has 0 saturated heterocycles. The van der Waals surface area contributed by atoms with Crippen molar-refractivity contribution >= 4 is 0 Å². The Morgan fingerprint density at radius 1 is 1.36 bits per heavy atom. The summed E-state index contributed by atoms with van der Waals surface area (Å²) in [5, 5.41) is 12.1. The van der Waals surface area contributed by atoms with E-state index in [0.717, 1.165) is 0 Å². The van der Waals surface area contributed by atoms with Gasteiger partial charge in [0.1, 0.15) is 6.61 Å². The number of nitrogens with one attached hydrogen (secondary N) is 1. The zero-order valence-electron chi connectivity index (χ0n) is 8.21. The number of aliphatic hydroxyl groups is 1. The van der Waals surface area contributed by atoms with Gasteiger partial charge in [-0.3, -0.25) is 0 Å². The first-order valence-corrected chi connectivity index (χ1v) is 4.40. The third-order valence-corrected chi connectivity index (χ3v) is 1.42. The van der Waals surface area contributed by atoms with Crippen LogP contribution in [0, 0.1) is 0 Å². The van der Waals surface area contributed by atoms with Crippen LogP contribution in [0.25, 0.3) is 0 Å². The van der Waals surface area contributed by atoms with E-state index in [9.17, 15) is 13.9 Å². The van der Waals surface area contributed by atoms with Crippen molar-refractivity contribution < 1.29 is 23.4 Å². The summed E-state index contributed by atoms with van der Waals surface area (Å²) in [5.74, 6) is 0. The van der Waals surface area contributed by atoms with Gasteiger partial charge in [0.15, 0.2) is 0 Å². The second-order valence-electron chi connectivity index (χ2n) is 2.78. The van der Waals surface area contributed by atoms with Gasteiger partial charge in [-0.15, -0.1) is 0 Å². The summed E-state index contributed by atoms with van der Waals surface area (Å²) in [6.45, 7) is 0.763. The highest BCUT2D eigenvalue weighted by atomic mass is 19.3. The topological polar surface area (TPSA) is 50.7 Å². The Balaban J connectivity index is 3.15. The van der Waals surface area contributed by atoms with Gasteiger partial charge in [-0.25, -0.2) is 8.78 Å². The van der Waals surface area contributed by atoms with E-state index in [1.54, 1.807) is 7.11 Å². The number of aliphatic hydroxyl groups excluding tert-OH is 1. The molecule has 0 spiro atoms. The molecule has 0 amide bonds. The van der Waals surface area contributed by atoms with Gasteiger partial charge in [0.25, 0.3) is 6.43 Å². The summed E-state index contributed by atoms with van der Waals surface area (Å²) >= 11 is 0. The van der Waals surface area contributed by atoms with Gasteiger partial charge in [-0.05, 0) is 0 Å². The van der Waals surface area contributed by atoms with E-state index < -0.39 is 19.1 Å². The Labute approximate surface area is 82.2 Å². The maximum Gasteiger partial charge on any atom is 0.261 e. The van der Waals surface area contributed by atoms with Crippen LogP contribution in [0.3, 0.4) is 0 Å². The molecule has 0 aromatic heterocycles. The Bertz CT molecular complexity index is 127. The highest BCUT2D eigenvalue weighted by Gasteiger charge is 2.06. The van der Waals surface area contributed by atoms with Crippen LogP contribution in [0.5, 0.6) is 0 Å². The first-order valence-electron chi connectivity index (χ1n) is 4.40. The lowest BCUT2D eigenvalue weighted by atomic mass is 10.4.